The van der Waals surface area contributed by atoms with E-state index in [2.05, 4.69) is 28.2 Å². The van der Waals surface area contributed by atoms with Crippen molar-refractivity contribution in [2.45, 2.75) is 26.2 Å². The molecular weight excluding hydrogens is 424 g/mol. The van der Waals surface area contributed by atoms with E-state index in [1.165, 1.54) is 16.2 Å². The van der Waals surface area contributed by atoms with Gasteiger partial charge < -0.3 is 11.1 Å². The number of rotatable bonds is 3. The lowest BCUT2D eigenvalue weighted by molar-refractivity contribution is 0.1000. The van der Waals surface area contributed by atoms with E-state index in [-0.39, 0.29) is 5.91 Å². The van der Waals surface area contributed by atoms with E-state index in [4.69, 9.17) is 5.73 Å². The third-order valence-electron chi connectivity index (χ3n) is 5.10. The van der Waals surface area contributed by atoms with Crippen LogP contribution in [-0.4, -0.2) is 11.8 Å². The lowest BCUT2D eigenvalue weighted by Crippen LogP contribution is -2.19. The molecule has 3 N–H and O–H groups in total. The van der Waals surface area contributed by atoms with Gasteiger partial charge in [0.1, 0.15) is 5.00 Å². The molecule has 1 aliphatic carbocycles. The largest absolute Gasteiger partial charge is 0.365 e. The molecule has 2 aromatic carbocycles. The highest BCUT2D eigenvalue weighted by molar-refractivity contribution is 9.10. The zero-order valence-corrected chi connectivity index (χ0v) is 17.2. The van der Waals surface area contributed by atoms with Crippen LogP contribution in [0.3, 0.4) is 0 Å². The summed E-state index contributed by atoms with van der Waals surface area (Å²) in [6.45, 7) is 2.21. The predicted octanol–water partition coefficient (Wildman–Crippen LogP) is 5.14. The SMILES string of the molecule is CC1CCc2c(sc(NC(=O)c3cccc4c(Br)cccc34)c2C(N)=O)C1. The number of anilines is 1. The summed E-state index contributed by atoms with van der Waals surface area (Å²) in [5, 5.41) is 5.36. The molecule has 0 bridgehead atoms. The number of fused-ring (bicyclic) bond motifs is 2. The Hall–Kier alpha value is -2.18. The number of nitrogens with one attached hydrogen (secondary N) is 1. The summed E-state index contributed by atoms with van der Waals surface area (Å²) in [6.07, 6.45) is 2.80. The van der Waals surface area contributed by atoms with Gasteiger partial charge in [-0.25, -0.2) is 0 Å². The average Bonchev–Trinajstić information content (AvgIpc) is 2.98. The van der Waals surface area contributed by atoms with E-state index in [1.54, 1.807) is 6.07 Å². The number of amides is 2. The molecule has 0 aliphatic heterocycles. The molecule has 138 valence electrons. The summed E-state index contributed by atoms with van der Waals surface area (Å²) in [5.41, 5.74) is 7.72. The number of thiophene rings is 1. The number of carbonyl (C=O) groups is 2. The van der Waals surface area contributed by atoms with Crippen LogP contribution in [-0.2, 0) is 12.8 Å². The third kappa shape index (κ3) is 3.28. The Morgan fingerprint density at radius 2 is 1.93 bits per heavy atom. The van der Waals surface area contributed by atoms with Crippen LogP contribution in [0.1, 0.15) is 44.5 Å². The summed E-state index contributed by atoms with van der Waals surface area (Å²) in [7, 11) is 0. The number of hydrogen-bond donors (Lipinski definition) is 2. The third-order valence-corrected chi connectivity index (χ3v) is 6.96. The van der Waals surface area contributed by atoms with Crippen LogP contribution in [0.2, 0.25) is 0 Å². The molecule has 1 aromatic heterocycles. The fourth-order valence-corrected chi connectivity index (χ4v) is 5.65. The summed E-state index contributed by atoms with van der Waals surface area (Å²) < 4.78 is 0.938. The maximum Gasteiger partial charge on any atom is 0.256 e. The molecule has 1 atom stereocenters. The second kappa shape index (κ2) is 7.09. The van der Waals surface area contributed by atoms with Crippen molar-refractivity contribution in [3.05, 3.63) is 62.4 Å². The second-order valence-corrected chi connectivity index (χ2v) is 8.97. The molecule has 3 aromatic rings. The summed E-state index contributed by atoms with van der Waals surface area (Å²) >= 11 is 5.01. The maximum absolute atomic E-state index is 13.0. The number of hydrogen-bond acceptors (Lipinski definition) is 3. The molecule has 0 saturated heterocycles. The van der Waals surface area contributed by atoms with Crippen molar-refractivity contribution in [2.24, 2.45) is 11.7 Å². The molecule has 27 heavy (non-hydrogen) atoms. The Labute approximate surface area is 169 Å². The molecule has 0 radical (unpaired) electrons. The van der Waals surface area contributed by atoms with Crippen LogP contribution in [0.5, 0.6) is 0 Å². The Morgan fingerprint density at radius 3 is 2.70 bits per heavy atom. The van der Waals surface area contributed by atoms with Gasteiger partial charge in [0.05, 0.1) is 5.56 Å². The molecule has 4 rings (SSSR count). The normalized spacial score (nSPS) is 16.1. The number of halogens is 1. The molecule has 1 unspecified atom stereocenters. The van der Waals surface area contributed by atoms with Crippen molar-refractivity contribution < 1.29 is 9.59 Å². The van der Waals surface area contributed by atoms with Crippen LogP contribution in [0.25, 0.3) is 10.8 Å². The second-order valence-electron chi connectivity index (χ2n) is 7.01. The van der Waals surface area contributed by atoms with E-state index < -0.39 is 5.91 Å². The number of carbonyl (C=O) groups excluding carboxylic acids is 2. The lowest BCUT2D eigenvalue weighted by Gasteiger charge is -2.18. The van der Waals surface area contributed by atoms with Gasteiger partial charge in [-0.3, -0.25) is 9.59 Å². The Bertz CT molecular complexity index is 1070. The van der Waals surface area contributed by atoms with E-state index in [0.717, 1.165) is 40.1 Å². The van der Waals surface area contributed by atoms with Crippen molar-refractivity contribution in [1.82, 2.24) is 0 Å². The quantitative estimate of drug-likeness (QED) is 0.589. The van der Waals surface area contributed by atoms with E-state index in [9.17, 15) is 9.59 Å². The number of primary amides is 1. The molecule has 0 fully saturated rings. The summed E-state index contributed by atoms with van der Waals surface area (Å²) in [6, 6.07) is 11.4. The van der Waals surface area contributed by atoms with Crippen LogP contribution in [0.4, 0.5) is 5.00 Å². The minimum absolute atomic E-state index is 0.229. The van der Waals surface area contributed by atoms with Gasteiger partial charge in [-0.2, -0.15) is 0 Å². The fourth-order valence-electron chi connectivity index (χ4n) is 3.74. The van der Waals surface area contributed by atoms with Crippen molar-refractivity contribution in [2.75, 3.05) is 5.32 Å². The summed E-state index contributed by atoms with van der Waals surface area (Å²) in [4.78, 5) is 26.3. The first-order valence-electron chi connectivity index (χ1n) is 8.88. The topological polar surface area (TPSA) is 72.2 Å². The van der Waals surface area contributed by atoms with Crippen LogP contribution in [0, 0.1) is 5.92 Å². The first-order valence-corrected chi connectivity index (χ1v) is 10.5. The smallest absolute Gasteiger partial charge is 0.256 e. The number of benzene rings is 2. The van der Waals surface area contributed by atoms with Crippen LogP contribution >= 0.6 is 27.3 Å². The van der Waals surface area contributed by atoms with Crippen LogP contribution in [0.15, 0.2) is 40.9 Å². The Kier molecular flexibility index (Phi) is 4.78. The van der Waals surface area contributed by atoms with Gasteiger partial charge in [-0.1, -0.05) is 47.1 Å². The Morgan fingerprint density at radius 1 is 1.19 bits per heavy atom. The van der Waals surface area contributed by atoms with Crippen molar-refractivity contribution in [1.29, 1.82) is 0 Å². The van der Waals surface area contributed by atoms with E-state index in [1.807, 2.05) is 30.3 Å². The molecule has 4 nitrogen and oxygen atoms in total. The standard InChI is InChI=1S/C21H19BrN2O2S/c1-11-8-9-15-17(10-11)27-21(18(15)19(23)25)24-20(26)14-6-2-5-13-12(14)4-3-7-16(13)22/h2-7,11H,8-10H2,1H3,(H2,23,25)(H,24,26). The maximum atomic E-state index is 13.0. The van der Waals surface area contributed by atoms with Gasteiger partial charge in [0.15, 0.2) is 0 Å². The van der Waals surface area contributed by atoms with Gasteiger partial charge in [0.2, 0.25) is 0 Å². The highest BCUT2D eigenvalue weighted by Crippen LogP contribution is 2.39. The minimum Gasteiger partial charge on any atom is -0.365 e. The summed E-state index contributed by atoms with van der Waals surface area (Å²) in [5.74, 6) is -0.123. The lowest BCUT2D eigenvalue weighted by atomic mass is 9.88. The zero-order chi connectivity index (χ0) is 19.1. The molecule has 6 heteroatoms. The average molecular weight is 443 g/mol. The molecular formula is C21H19BrN2O2S. The van der Waals surface area contributed by atoms with Crippen molar-refractivity contribution in [3.63, 3.8) is 0 Å². The van der Waals surface area contributed by atoms with Gasteiger partial charge in [-0.05, 0) is 53.6 Å². The highest BCUT2D eigenvalue weighted by atomic mass is 79.9. The van der Waals surface area contributed by atoms with Gasteiger partial charge in [0, 0.05) is 14.9 Å². The Balaban J connectivity index is 1.74. The van der Waals surface area contributed by atoms with E-state index >= 15 is 0 Å². The van der Waals surface area contributed by atoms with Gasteiger partial charge in [0.25, 0.3) is 11.8 Å². The fraction of sp³-hybridized carbons (Fsp3) is 0.238. The monoisotopic (exact) mass is 442 g/mol. The number of nitrogens with two attached hydrogens (primary N) is 1. The molecule has 2 amide bonds. The molecule has 1 heterocycles. The predicted molar refractivity (Wildman–Crippen MR) is 114 cm³/mol. The van der Waals surface area contributed by atoms with Gasteiger partial charge in [-0.15, -0.1) is 11.3 Å². The zero-order valence-electron chi connectivity index (χ0n) is 14.8. The van der Waals surface area contributed by atoms with Gasteiger partial charge >= 0.3 is 0 Å². The molecule has 0 spiro atoms. The van der Waals surface area contributed by atoms with Crippen molar-refractivity contribution in [3.8, 4) is 0 Å². The van der Waals surface area contributed by atoms with Crippen LogP contribution < -0.4 is 11.1 Å². The first-order chi connectivity index (χ1) is 13.0. The van der Waals surface area contributed by atoms with E-state index in [0.29, 0.717) is 22.0 Å². The molecule has 1 aliphatic rings. The first kappa shape index (κ1) is 18.2. The van der Waals surface area contributed by atoms with Crippen molar-refractivity contribution >= 4 is 54.9 Å². The highest BCUT2D eigenvalue weighted by Gasteiger charge is 2.27. The minimum atomic E-state index is -0.474. The molecule has 0 saturated carbocycles.